The molecule has 1 aromatic heterocycles. The van der Waals surface area contributed by atoms with E-state index in [9.17, 15) is 4.79 Å². The highest BCUT2D eigenvalue weighted by Gasteiger charge is 2.25. The monoisotopic (exact) mass is 475 g/mol. The van der Waals surface area contributed by atoms with Gasteiger partial charge < -0.3 is 14.6 Å². The number of aromatic nitrogens is 2. The molecule has 4 aromatic carbocycles. The van der Waals surface area contributed by atoms with Crippen molar-refractivity contribution in [2.45, 2.75) is 19.4 Å². The number of hydrogen-bond acceptors (Lipinski definition) is 3. The summed E-state index contributed by atoms with van der Waals surface area (Å²) in [5.74, 6) is 1.41. The fourth-order valence-electron chi connectivity index (χ4n) is 4.64. The standard InChI is InChI=1S/C31H29N3O2/c1-4-27(21-11-7-5-8-12-21)32-31(35)29-28(33-30(34(29)2)22-13-9-6-10-14-22)25-16-15-24-20-26(36-3)18-17-23(24)19-25/h5-20,27H,4H2,1-3H3,(H,32,35). The Morgan fingerprint density at radius 1 is 0.889 bits per heavy atom. The maximum atomic E-state index is 13.8. The average molecular weight is 476 g/mol. The fraction of sp³-hybridized carbons (Fsp3) is 0.161. The molecule has 1 N–H and O–H groups in total. The lowest BCUT2D eigenvalue weighted by Crippen LogP contribution is -2.30. The van der Waals surface area contributed by atoms with Crippen molar-refractivity contribution in [3.05, 3.63) is 108 Å². The Bertz CT molecular complexity index is 1510. The third-order valence-electron chi connectivity index (χ3n) is 6.58. The summed E-state index contributed by atoms with van der Waals surface area (Å²) in [5, 5.41) is 5.38. The first kappa shape index (κ1) is 23.4. The molecule has 36 heavy (non-hydrogen) atoms. The minimum Gasteiger partial charge on any atom is -0.497 e. The number of benzene rings is 4. The number of carbonyl (C=O) groups excluding carboxylic acids is 1. The maximum absolute atomic E-state index is 13.8. The van der Waals surface area contributed by atoms with Crippen LogP contribution < -0.4 is 10.1 Å². The van der Waals surface area contributed by atoms with Crippen LogP contribution in [0.1, 0.15) is 35.4 Å². The van der Waals surface area contributed by atoms with Gasteiger partial charge in [0.15, 0.2) is 0 Å². The van der Waals surface area contributed by atoms with Crippen LogP contribution in [0.25, 0.3) is 33.4 Å². The van der Waals surface area contributed by atoms with Gasteiger partial charge in [0.25, 0.3) is 5.91 Å². The molecule has 5 heteroatoms. The van der Waals surface area contributed by atoms with Gasteiger partial charge in [-0.25, -0.2) is 4.98 Å². The van der Waals surface area contributed by atoms with Gasteiger partial charge in [0.2, 0.25) is 0 Å². The number of nitrogens with one attached hydrogen (secondary N) is 1. The van der Waals surface area contributed by atoms with Crippen LogP contribution >= 0.6 is 0 Å². The number of fused-ring (bicyclic) bond motifs is 1. The number of ether oxygens (including phenoxy) is 1. The molecule has 0 aliphatic carbocycles. The Hall–Kier alpha value is -4.38. The van der Waals surface area contributed by atoms with E-state index >= 15 is 0 Å². The zero-order valence-electron chi connectivity index (χ0n) is 20.7. The Morgan fingerprint density at radius 3 is 2.25 bits per heavy atom. The molecule has 1 amide bonds. The van der Waals surface area contributed by atoms with E-state index in [1.54, 1.807) is 7.11 Å². The van der Waals surface area contributed by atoms with Gasteiger partial charge >= 0.3 is 0 Å². The molecule has 0 fully saturated rings. The molecule has 0 spiro atoms. The van der Waals surface area contributed by atoms with Crippen LogP contribution in [-0.4, -0.2) is 22.6 Å². The van der Waals surface area contributed by atoms with Gasteiger partial charge in [-0.2, -0.15) is 0 Å². The summed E-state index contributed by atoms with van der Waals surface area (Å²) in [6, 6.07) is 32.1. The second-order valence-electron chi connectivity index (χ2n) is 8.83. The van der Waals surface area contributed by atoms with Crippen LogP contribution in [-0.2, 0) is 7.05 Å². The summed E-state index contributed by atoms with van der Waals surface area (Å²) < 4.78 is 7.27. The predicted octanol–water partition coefficient (Wildman–Crippen LogP) is 6.80. The molecule has 1 atom stereocenters. The van der Waals surface area contributed by atoms with Crippen LogP contribution in [0.2, 0.25) is 0 Å². The van der Waals surface area contributed by atoms with E-state index in [1.165, 1.54) is 0 Å². The summed E-state index contributed by atoms with van der Waals surface area (Å²) in [6.07, 6.45) is 0.784. The number of hydrogen-bond donors (Lipinski definition) is 1. The van der Waals surface area contributed by atoms with Gasteiger partial charge in [-0.15, -0.1) is 0 Å². The van der Waals surface area contributed by atoms with Gasteiger partial charge in [0, 0.05) is 18.2 Å². The van der Waals surface area contributed by atoms with Crippen molar-refractivity contribution < 1.29 is 9.53 Å². The van der Waals surface area contributed by atoms with Crippen molar-refractivity contribution in [1.29, 1.82) is 0 Å². The predicted molar refractivity (Wildman–Crippen MR) is 145 cm³/mol. The Labute approximate surface area is 211 Å². The number of methoxy groups -OCH3 is 1. The molecule has 5 nitrogen and oxygen atoms in total. The van der Waals surface area contributed by atoms with Gasteiger partial charge in [0.1, 0.15) is 23.0 Å². The van der Waals surface area contributed by atoms with Crippen molar-refractivity contribution in [3.63, 3.8) is 0 Å². The normalized spacial score (nSPS) is 11.9. The largest absolute Gasteiger partial charge is 0.497 e. The molecule has 0 aliphatic rings. The Morgan fingerprint density at radius 2 is 1.56 bits per heavy atom. The van der Waals surface area contributed by atoms with Crippen molar-refractivity contribution in [2.24, 2.45) is 7.05 Å². The van der Waals surface area contributed by atoms with E-state index in [2.05, 4.69) is 18.3 Å². The van der Waals surface area contributed by atoms with Gasteiger partial charge in [-0.3, -0.25) is 4.79 Å². The van der Waals surface area contributed by atoms with Gasteiger partial charge in [-0.1, -0.05) is 85.8 Å². The first-order valence-corrected chi connectivity index (χ1v) is 12.1. The zero-order valence-corrected chi connectivity index (χ0v) is 20.7. The van der Waals surface area contributed by atoms with Crippen LogP contribution in [0.15, 0.2) is 97.1 Å². The van der Waals surface area contributed by atoms with Crippen LogP contribution in [0.3, 0.4) is 0 Å². The third kappa shape index (κ3) is 4.48. The molecular formula is C31H29N3O2. The molecule has 0 saturated carbocycles. The molecular weight excluding hydrogens is 446 g/mol. The fourth-order valence-corrected chi connectivity index (χ4v) is 4.64. The maximum Gasteiger partial charge on any atom is 0.270 e. The van der Waals surface area contributed by atoms with Crippen LogP contribution in [0, 0.1) is 0 Å². The number of rotatable bonds is 7. The number of carbonyl (C=O) groups is 1. The summed E-state index contributed by atoms with van der Waals surface area (Å²) in [4.78, 5) is 18.8. The topological polar surface area (TPSA) is 56.1 Å². The molecule has 0 radical (unpaired) electrons. The van der Waals surface area contributed by atoms with E-state index in [1.807, 2.05) is 103 Å². The van der Waals surface area contributed by atoms with Crippen molar-refractivity contribution >= 4 is 16.7 Å². The van der Waals surface area contributed by atoms with E-state index in [4.69, 9.17) is 9.72 Å². The minimum atomic E-state index is -0.146. The highest BCUT2D eigenvalue weighted by molar-refractivity contribution is 6.01. The first-order valence-electron chi connectivity index (χ1n) is 12.1. The van der Waals surface area contributed by atoms with Gasteiger partial charge in [-0.05, 0) is 41.0 Å². The van der Waals surface area contributed by atoms with Crippen molar-refractivity contribution in [3.8, 4) is 28.4 Å². The minimum absolute atomic E-state index is 0.0920. The SMILES string of the molecule is CCC(NC(=O)c1c(-c2ccc3cc(OC)ccc3c2)nc(-c2ccccc2)n1C)c1ccccc1. The van der Waals surface area contributed by atoms with Crippen molar-refractivity contribution in [1.82, 2.24) is 14.9 Å². The molecule has 180 valence electrons. The lowest BCUT2D eigenvalue weighted by Gasteiger charge is -2.18. The van der Waals surface area contributed by atoms with E-state index in [-0.39, 0.29) is 11.9 Å². The molecule has 1 heterocycles. The van der Waals surface area contributed by atoms with Gasteiger partial charge in [0.05, 0.1) is 13.2 Å². The summed E-state index contributed by atoms with van der Waals surface area (Å²) in [6.45, 7) is 2.08. The molecule has 5 rings (SSSR count). The second kappa shape index (κ2) is 10.1. The van der Waals surface area contributed by atoms with E-state index in [0.717, 1.165) is 45.5 Å². The average Bonchev–Trinajstić information content (AvgIpc) is 3.29. The lowest BCUT2D eigenvalue weighted by atomic mass is 10.0. The zero-order chi connectivity index (χ0) is 25.1. The summed E-state index contributed by atoms with van der Waals surface area (Å²) in [5.41, 5.74) is 4.13. The lowest BCUT2D eigenvalue weighted by molar-refractivity contribution is 0.0928. The summed E-state index contributed by atoms with van der Waals surface area (Å²) in [7, 11) is 3.57. The molecule has 1 unspecified atom stereocenters. The van der Waals surface area contributed by atoms with Crippen LogP contribution in [0.5, 0.6) is 5.75 Å². The number of amides is 1. The highest BCUT2D eigenvalue weighted by atomic mass is 16.5. The van der Waals surface area contributed by atoms with Crippen LogP contribution in [0.4, 0.5) is 0 Å². The molecule has 5 aromatic rings. The molecule has 0 saturated heterocycles. The summed E-state index contributed by atoms with van der Waals surface area (Å²) >= 11 is 0. The Kier molecular flexibility index (Phi) is 6.54. The van der Waals surface area contributed by atoms with E-state index in [0.29, 0.717) is 11.4 Å². The number of nitrogens with zero attached hydrogens (tertiary/aromatic N) is 2. The van der Waals surface area contributed by atoms with Crippen molar-refractivity contribution in [2.75, 3.05) is 7.11 Å². The highest BCUT2D eigenvalue weighted by Crippen LogP contribution is 2.32. The van der Waals surface area contributed by atoms with E-state index < -0.39 is 0 Å². The molecule has 0 aliphatic heterocycles. The third-order valence-corrected chi connectivity index (χ3v) is 6.58. The number of imidazole rings is 1. The first-order chi connectivity index (χ1) is 17.6. The smallest absolute Gasteiger partial charge is 0.270 e. The second-order valence-corrected chi connectivity index (χ2v) is 8.83. The quantitative estimate of drug-likeness (QED) is 0.282. The molecule has 0 bridgehead atoms. The Balaban J connectivity index is 1.61.